The minimum absolute atomic E-state index is 0.0290. The summed E-state index contributed by atoms with van der Waals surface area (Å²) in [5.41, 5.74) is 0. The molecule has 6 heteroatoms. The normalized spacial score (nSPS) is 24.9. The van der Waals surface area contributed by atoms with Gasteiger partial charge in [0, 0.05) is 19.1 Å². The van der Waals surface area contributed by atoms with Crippen LogP contribution in [0.2, 0.25) is 0 Å². The number of nitrogens with zero attached hydrogens (tertiary/aromatic N) is 2. The molecule has 0 saturated carbocycles. The number of aliphatic hydroxyl groups is 1. The van der Waals surface area contributed by atoms with Crippen LogP contribution in [0, 0.1) is 5.92 Å². The molecule has 0 aliphatic carbocycles. The average molecular weight is 272 g/mol. The summed E-state index contributed by atoms with van der Waals surface area (Å²) >= 11 is 0. The molecule has 3 unspecified atom stereocenters. The van der Waals surface area contributed by atoms with Crippen molar-refractivity contribution >= 4 is 12.0 Å². The quantitative estimate of drug-likeness (QED) is 0.800. The van der Waals surface area contributed by atoms with Crippen molar-refractivity contribution in [2.45, 2.75) is 45.8 Å². The fourth-order valence-electron chi connectivity index (χ4n) is 2.27. The first kappa shape index (κ1) is 15.8. The molecule has 0 aromatic heterocycles. The van der Waals surface area contributed by atoms with Gasteiger partial charge in [-0.3, -0.25) is 4.79 Å². The summed E-state index contributed by atoms with van der Waals surface area (Å²) < 4.78 is 0. The Labute approximate surface area is 114 Å². The highest BCUT2D eigenvalue weighted by atomic mass is 16.4. The number of piperidine rings is 1. The average Bonchev–Trinajstić information content (AvgIpc) is 2.37. The number of carbonyl (C=O) groups is 2. The second-order valence-corrected chi connectivity index (χ2v) is 5.34. The lowest BCUT2D eigenvalue weighted by Gasteiger charge is -2.38. The first-order valence-corrected chi connectivity index (χ1v) is 6.82. The van der Waals surface area contributed by atoms with Crippen molar-refractivity contribution in [2.75, 3.05) is 19.6 Å². The van der Waals surface area contributed by atoms with Crippen LogP contribution in [0.3, 0.4) is 0 Å². The van der Waals surface area contributed by atoms with Crippen LogP contribution >= 0.6 is 0 Å². The Morgan fingerprint density at radius 3 is 2.58 bits per heavy atom. The summed E-state index contributed by atoms with van der Waals surface area (Å²) in [6.45, 7) is 6.36. The van der Waals surface area contributed by atoms with E-state index in [1.165, 1.54) is 4.90 Å². The molecule has 2 amide bonds. The van der Waals surface area contributed by atoms with E-state index in [4.69, 9.17) is 5.11 Å². The molecule has 19 heavy (non-hydrogen) atoms. The molecule has 0 radical (unpaired) electrons. The molecule has 1 aliphatic rings. The molecule has 0 aromatic carbocycles. The molecule has 2 N–H and O–H groups in total. The predicted octanol–water partition coefficient (Wildman–Crippen LogP) is 0.994. The van der Waals surface area contributed by atoms with Gasteiger partial charge in [-0.25, -0.2) is 4.79 Å². The number of aliphatic hydroxyl groups excluding tert-OH is 1. The first-order chi connectivity index (χ1) is 8.86. The van der Waals surface area contributed by atoms with Gasteiger partial charge in [-0.05, 0) is 25.7 Å². The third-order valence-electron chi connectivity index (χ3n) is 3.80. The molecular formula is C13H24N2O4. The van der Waals surface area contributed by atoms with Crippen LogP contribution in [0.25, 0.3) is 0 Å². The molecule has 6 nitrogen and oxygen atoms in total. The van der Waals surface area contributed by atoms with E-state index in [0.29, 0.717) is 25.9 Å². The van der Waals surface area contributed by atoms with Crippen molar-refractivity contribution < 1.29 is 19.8 Å². The van der Waals surface area contributed by atoms with Crippen LogP contribution < -0.4 is 0 Å². The van der Waals surface area contributed by atoms with Gasteiger partial charge in [0.1, 0.15) is 6.54 Å². The van der Waals surface area contributed by atoms with E-state index >= 15 is 0 Å². The Bertz CT molecular complexity index is 335. The van der Waals surface area contributed by atoms with E-state index in [0.717, 1.165) is 0 Å². The molecular weight excluding hydrogens is 248 g/mol. The summed E-state index contributed by atoms with van der Waals surface area (Å²) in [5, 5.41) is 18.6. The fraction of sp³-hybridized carbons (Fsp3) is 0.846. The number of carboxylic acids is 1. The Morgan fingerprint density at radius 2 is 2.11 bits per heavy atom. The van der Waals surface area contributed by atoms with Crippen molar-refractivity contribution in [3.05, 3.63) is 0 Å². The Morgan fingerprint density at radius 1 is 1.47 bits per heavy atom. The number of likely N-dealkylation sites (tertiary alicyclic amines) is 1. The van der Waals surface area contributed by atoms with Crippen molar-refractivity contribution in [3.8, 4) is 0 Å². The van der Waals surface area contributed by atoms with E-state index < -0.39 is 5.97 Å². The minimum atomic E-state index is -1.00. The molecule has 3 atom stereocenters. The van der Waals surface area contributed by atoms with Crippen molar-refractivity contribution in [3.63, 3.8) is 0 Å². The summed E-state index contributed by atoms with van der Waals surface area (Å²) in [6.07, 6.45) is 0.889. The zero-order valence-electron chi connectivity index (χ0n) is 11.9. The van der Waals surface area contributed by atoms with Crippen molar-refractivity contribution in [2.24, 2.45) is 5.92 Å². The zero-order valence-corrected chi connectivity index (χ0v) is 11.9. The van der Waals surface area contributed by atoms with Gasteiger partial charge in [0.15, 0.2) is 0 Å². The summed E-state index contributed by atoms with van der Waals surface area (Å²) in [4.78, 5) is 26.3. The molecule has 0 spiro atoms. The topological polar surface area (TPSA) is 81.1 Å². The molecule has 1 rings (SSSR count). The van der Waals surface area contributed by atoms with Gasteiger partial charge in [-0.2, -0.15) is 0 Å². The molecule has 0 aromatic rings. The van der Waals surface area contributed by atoms with E-state index in [9.17, 15) is 14.7 Å². The Kier molecular flexibility index (Phi) is 5.60. The maximum absolute atomic E-state index is 12.4. The van der Waals surface area contributed by atoms with E-state index in [-0.39, 0.29) is 30.6 Å². The fourth-order valence-corrected chi connectivity index (χ4v) is 2.27. The monoisotopic (exact) mass is 272 g/mol. The maximum Gasteiger partial charge on any atom is 0.323 e. The SMILES string of the molecule is CCC(C)N(CC(=O)O)C(=O)N1CCC(O)C(C)C1. The summed E-state index contributed by atoms with van der Waals surface area (Å²) in [5.74, 6) is -0.972. The summed E-state index contributed by atoms with van der Waals surface area (Å²) in [6, 6.07) is -0.346. The first-order valence-electron chi connectivity index (χ1n) is 6.82. The molecule has 1 saturated heterocycles. The van der Waals surface area contributed by atoms with E-state index in [1.54, 1.807) is 4.90 Å². The van der Waals surface area contributed by atoms with Gasteiger partial charge in [-0.15, -0.1) is 0 Å². The van der Waals surface area contributed by atoms with Crippen LogP contribution in [0.5, 0.6) is 0 Å². The molecule has 1 fully saturated rings. The Hall–Kier alpha value is -1.30. The second-order valence-electron chi connectivity index (χ2n) is 5.34. The molecule has 110 valence electrons. The van der Waals surface area contributed by atoms with Gasteiger partial charge in [0.2, 0.25) is 0 Å². The standard InChI is InChI=1S/C13H24N2O4/c1-4-10(3)15(8-12(17)18)13(19)14-6-5-11(16)9(2)7-14/h9-11,16H,4-8H2,1-3H3,(H,17,18). The molecule has 1 aliphatic heterocycles. The number of carboxylic acid groups (broad SMARTS) is 1. The third-order valence-corrected chi connectivity index (χ3v) is 3.80. The van der Waals surface area contributed by atoms with Gasteiger partial charge < -0.3 is 20.0 Å². The maximum atomic E-state index is 12.4. The van der Waals surface area contributed by atoms with Crippen molar-refractivity contribution in [1.82, 2.24) is 9.80 Å². The third kappa shape index (κ3) is 4.09. The number of urea groups is 1. The highest BCUT2D eigenvalue weighted by Gasteiger charge is 2.31. The lowest BCUT2D eigenvalue weighted by Crippen LogP contribution is -2.53. The number of amides is 2. The van der Waals surface area contributed by atoms with Gasteiger partial charge >= 0.3 is 12.0 Å². The van der Waals surface area contributed by atoms with E-state index in [1.807, 2.05) is 20.8 Å². The minimum Gasteiger partial charge on any atom is -0.480 e. The highest BCUT2D eigenvalue weighted by Crippen LogP contribution is 2.19. The number of hydrogen-bond donors (Lipinski definition) is 2. The van der Waals surface area contributed by atoms with Crippen molar-refractivity contribution in [1.29, 1.82) is 0 Å². The number of aliphatic carboxylic acids is 1. The predicted molar refractivity (Wildman–Crippen MR) is 70.9 cm³/mol. The largest absolute Gasteiger partial charge is 0.480 e. The van der Waals surface area contributed by atoms with E-state index in [2.05, 4.69) is 0 Å². The smallest absolute Gasteiger partial charge is 0.323 e. The number of hydrogen-bond acceptors (Lipinski definition) is 3. The lowest BCUT2D eigenvalue weighted by molar-refractivity contribution is -0.138. The summed E-state index contributed by atoms with van der Waals surface area (Å²) in [7, 11) is 0. The van der Waals surface area contributed by atoms with Gasteiger partial charge in [0.25, 0.3) is 0 Å². The number of rotatable bonds is 4. The zero-order chi connectivity index (χ0) is 14.6. The molecule has 1 heterocycles. The highest BCUT2D eigenvalue weighted by molar-refractivity contribution is 5.80. The van der Waals surface area contributed by atoms with Crippen LogP contribution in [0.15, 0.2) is 0 Å². The lowest BCUT2D eigenvalue weighted by atomic mass is 9.97. The molecule has 0 bridgehead atoms. The van der Waals surface area contributed by atoms with Crippen LogP contribution in [0.1, 0.15) is 33.6 Å². The van der Waals surface area contributed by atoms with Crippen LogP contribution in [-0.4, -0.2) is 63.8 Å². The van der Waals surface area contributed by atoms with Gasteiger partial charge in [-0.1, -0.05) is 13.8 Å². The Balaban J connectivity index is 2.73. The van der Waals surface area contributed by atoms with Gasteiger partial charge in [0.05, 0.1) is 6.10 Å². The number of carbonyl (C=O) groups excluding carboxylic acids is 1. The van der Waals surface area contributed by atoms with Crippen LogP contribution in [0.4, 0.5) is 4.79 Å². The van der Waals surface area contributed by atoms with Crippen LogP contribution in [-0.2, 0) is 4.79 Å². The second kappa shape index (κ2) is 6.75.